The molecule has 140 valence electrons. The van der Waals surface area contributed by atoms with Crippen molar-refractivity contribution in [2.75, 3.05) is 26.7 Å². The Morgan fingerprint density at radius 2 is 2.15 bits per heavy atom. The number of nitrogens with zero attached hydrogens (tertiary/aromatic N) is 5. The molecular formula is C19H29N7. The van der Waals surface area contributed by atoms with Crippen LogP contribution in [0.5, 0.6) is 0 Å². The van der Waals surface area contributed by atoms with E-state index in [4.69, 9.17) is 0 Å². The minimum absolute atomic E-state index is 0.466. The van der Waals surface area contributed by atoms with Crippen molar-refractivity contribution in [1.82, 2.24) is 30.3 Å². The molecule has 0 aromatic carbocycles. The van der Waals surface area contributed by atoms with Crippen LogP contribution in [0.4, 0.5) is 0 Å². The zero-order valence-electron chi connectivity index (χ0n) is 15.7. The van der Waals surface area contributed by atoms with Crippen LogP contribution in [0, 0.1) is 6.92 Å². The quantitative estimate of drug-likeness (QED) is 0.606. The normalized spacial score (nSPS) is 16.6. The van der Waals surface area contributed by atoms with Crippen LogP contribution in [0.2, 0.25) is 0 Å². The minimum atomic E-state index is 0.466. The highest BCUT2D eigenvalue weighted by Crippen LogP contribution is 2.12. The molecule has 7 heteroatoms. The highest BCUT2D eigenvalue weighted by atomic mass is 15.3. The predicted octanol–water partition coefficient (Wildman–Crippen LogP) is 1.42. The van der Waals surface area contributed by atoms with Gasteiger partial charge in [0.2, 0.25) is 0 Å². The highest BCUT2D eigenvalue weighted by Gasteiger charge is 2.20. The maximum absolute atomic E-state index is 4.42. The monoisotopic (exact) mass is 355 g/mol. The fraction of sp³-hybridized carbons (Fsp3) is 0.526. The second-order valence-electron chi connectivity index (χ2n) is 6.80. The Bertz CT molecular complexity index is 687. The van der Waals surface area contributed by atoms with Crippen molar-refractivity contribution >= 4 is 5.96 Å². The molecule has 0 atom stereocenters. The molecule has 0 saturated carbocycles. The molecule has 3 rings (SSSR count). The first-order valence-corrected chi connectivity index (χ1v) is 9.31. The smallest absolute Gasteiger partial charge is 0.191 e. The molecule has 2 aromatic heterocycles. The number of hydrogen-bond donors (Lipinski definition) is 2. The molecule has 2 N–H and O–H groups in total. The van der Waals surface area contributed by atoms with Gasteiger partial charge in [0.15, 0.2) is 5.96 Å². The van der Waals surface area contributed by atoms with E-state index in [0.29, 0.717) is 6.04 Å². The van der Waals surface area contributed by atoms with Crippen LogP contribution in [-0.4, -0.2) is 58.3 Å². The van der Waals surface area contributed by atoms with Crippen LogP contribution >= 0.6 is 0 Å². The van der Waals surface area contributed by atoms with E-state index in [9.17, 15) is 0 Å². The van der Waals surface area contributed by atoms with Crippen LogP contribution in [0.1, 0.15) is 24.1 Å². The second-order valence-corrected chi connectivity index (χ2v) is 6.80. The van der Waals surface area contributed by atoms with Crippen molar-refractivity contribution < 1.29 is 0 Å². The van der Waals surface area contributed by atoms with E-state index in [1.54, 1.807) is 0 Å². The molecule has 7 nitrogen and oxygen atoms in total. The highest BCUT2D eigenvalue weighted by molar-refractivity contribution is 5.79. The van der Waals surface area contributed by atoms with Gasteiger partial charge in [-0.1, -0.05) is 6.07 Å². The van der Waals surface area contributed by atoms with E-state index in [-0.39, 0.29) is 0 Å². The van der Waals surface area contributed by atoms with E-state index in [2.05, 4.69) is 55.9 Å². The summed E-state index contributed by atoms with van der Waals surface area (Å²) in [4.78, 5) is 11.2. The van der Waals surface area contributed by atoms with Crippen molar-refractivity contribution in [3.05, 3.63) is 48.0 Å². The second kappa shape index (κ2) is 9.33. The minimum Gasteiger partial charge on any atom is -0.355 e. The lowest BCUT2D eigenvalue weighted by Gasteiger charge is -2.32. The van der Waals surface area contributed by atoms with Gasteiger partial charge in [-0.15, -0.1) is 0 Å². The van der Waals surface area contributed by atoms with Gasteiger partial charge in [-0.3, -0.25) is 19.6 Å². The Morgan fingerprint density at radius 3 is 2.81 bits per heavy atom. The molecule has 1 saturated heterocycles. The summed E-state index contributed by atoms with van der Waals surface area (Å²) in [6.45, 7) is 6.79. The Balaban J connectivity index is 1.37. The third kappa shape index (κ3) is 5.56. The number of likely N-dealkylation sites (tertiary alicyclic amines) is 1. The number of nitrogens with one attached hydrogen (secondary N) is 2. The zero-order chi connectivity index (χ0) is 18.2. The van der Waals surface area contributed by atoms with E-state index in [0.717, 1.165) is 57.2 Å². The molecule has 3 heterocycles. The van der Waals surface area contributed by atoms with Gasteiger partial charge in [0.05, 0.1) is 18.4 Å². The van der Waals surface area contributed by atoms with Crippen LogP contribution < -0.4 is 10.6 Å². The summed E-state index contributed by atoms with van der Waals surface area (Å²) in [6.07, 6.45) is 8.03. The lowest BCUT2D eigenvalue weighted by Crippen LogP contribution is -2.49. The molecule has 0 spiro atoms. The summed E-state index contributed by atoms with van der Waals surface area (Å²) in [6, 6.07) is 6.58. The molecular weight excluding hydrogens is 326 g/mol. The van der Waals surface area contributed by atoms with Gasteiger partial charge < -0.3 is 10.6 Å². The lowest BCUT2D eigenvalue weighted by molar-refractivity contribution is 0.196. The van der Waals surface area contributed by atoms with Gasteiger partial charge in [-0.25, -0.2) is 0 Å². The molecule has 1 aliphatic rings. The Morgan fingerprint density at radius 1 is 1.31 bits per heavy atom. The van der Waals surface area contributed by atoms with Crippen molar-refractivity contribution in [1.29, 1.82) is 0 Å². The number of piperidine rings is 1. The van der Waals surface area contributed by atoms with E-state index >= 15 is 0 Å². The number of aryl methyl sites for hydroxylation is 1. The van der Waals surface area contributed by atoms with Crippen LogP contribution in [0.3, 0.4) is 0 Å². The topological polar surface area (TPSA) is 70.4 Å². The molecule has 0 unspecified atom stereocenters. The van der Waals surface area contributed by atoms with Gasteiger partial charge in [0.1, 0.15) is 0 Å². The Hall–Kier alpha value is -2.41. The number of guanidine groups is 1. The third-order valence-corrected chi connectivity index (χ3v) is 4.66. The average molecular weight is 355 g/mol. The fourth-order valence-corrected chi connectivity index (χ4v) is 3.22. The van der Waals surface area contributed by atoms with Crippen LogP contribution in [-0.2, 0) is 13.1 Å². The molecule has 0 aliphatic carbocycles. The summed E-state index contributed by atoms with van der Waals surface area (Å²) >= 11 is 0. The van der Waals surface area contributed by atoms with E-state index in [1.807, 2.05) is 30.2 Å². The van der Waals surface area contributed by atoms with Gasteiger partial charge in [-0.05, 0) is 37.5 Å². The van der Waals surface area contributed by atoms with Gasteiger partial charge in [-0.2, -0.15) is 5.10 Å². The summed E-state index contributed by atoms with van der Waals surface area (Å²) in [5.74, 6) is 0.872. The standard InChI is InChI=1S/C19H29N7/c1-16-13-23-26(14-16)12-9-22-19(20-2)24-17-6-10-25(11-7-17)15-18-5-3-4-8-21-18/h3-5,8,13-14,17H,6-7,9-12,15H2,1-2H3,(H2,20,22,24). The molecule has 1 fully saturated rings. The largest absolute Gasteiger partial charge is 0.355 e. The Kier molecular flexibility index (Phi) is 6.60. The van der Waals surface area contributed by atoms with Crippen molar-refractivity contribution in [3.63, 3.8) is 0 Å². The summed E-state index contributed by atoms with van der Waals surface area (Å²) in [5.41, 5.74) is 2.33. The van der Waals surface area contributed by atoms with Crippen LogP contribution in [0.25, 0.3) is 0 Å². The summed E-state index contributed by atoms with van der Waals surface area (Å²) < 4.78 is 1.95. The zero-order valence-corrected chi connectivity index (χ0v) is 15.7. The van der Waals surface area contributed by atoms with Gasteiger partial charge in [0.25, 0.3) is 0 Å². The number of aliphatic imine (C=N–C) groups is 1. The molecule has 0 amide bonds. The average Bonchev–Trinajstić information content (AvgIpc) is 3.08. The number of rotatable bonds is 6. The maximum Gasteiger partial charge on any atom is 0.191 e. The lowest BCUT2D eigenvalue weighted by atomic mass is 10.1. The SMILES string of the molecule is CN=C(NCCn1cc(C)cn1)NC1CCN(Cc2ccccn2)CC1. The molecule has 26 heavy (non-hydrogen) atoms. The van der Waals surface area contributed by atoms with Crippen molar-refractivity contribution in [3.8, 4) is 0 Å². The third-order valence-electron chi connectivity index (χ3n) is 4.66. The van der Waals surface area contributed by atoms with E-state index in [1.165, 1.54) is 5.56 Å². The Labute approximate surface area is 155 Å². The van der Waals surface area contributed by atoms with Crippen molar-refractivity contribution in [2.24, 2.45) is 4.99 Å². The van der Waals surface area contributed by atoms with Crippen molar-refractivity contribution in [2.45, 2.75) is 38.9 Å². The first kappa shape index (κ1) is 18.4. The van der Waals surface area contributed by atoms with E-state index < -0.39 is 0 Å². The maximum atomic E-state index is 4.42. The molecule has 0 bridgehead atoms. The molecule has 1 aliphatic heterocycles. The fourth-order valence-electron chi connectivity index (χ4n) is 3.22. The first-order chi connectivity index (χ1) is 12.7. The number of hydrogen-bond acceptors (Lipinski definition) is 4. The van der Waals surface area contributed by atoms with Gasteiger partial charge >= 0.3 is 0 Å². The molecule has 0 radical (unpaired) electrons. The number of aromatic nitrogens is 3. The molecule has 2 aromatic rings. The summed E-state index contributed by atoms with van der Waals surface area (Å²) in [7, 11) is 1.82. The number of pyridine rings is 1. The predicted molar refractivity (Wildman–Crippen MR) is 104 cm³/mol. The van der Waals surface area contributed by atoms with Crippen LogP contribution in [0.15, 0.2) is 41.8 Å². The summed E-state index contributed by atoms with van der Waals surface area (Å²) in [5, 5.41) is 11.2. The van der Waals surface area contributed by atoms with Gasteiger partial charge in [0, 0.05) is 51.7 Å². The first-order valence-electron chi connectivity index (χ1n) is 9.31.